The number of carbonyl (C=O) groups is 1. The zero-order valence-corrected chi connectivity index (χ0v) is 20.0. The average molecular weight is 425 g/mol. The first kappa shape index (κ1) is 25.6. The van der Waals surface area contributed by atoms with Crippen LogP contribution in [0.1, 0.15) is 130 Å². The number of ether oxygens (including phenoxy) is 2. The van der Waals surface area contributed by atoms with E-state index in [4.69, 9.17) is 9.47 Å². The van der Waals surface area contributed by atoms with Crippen LogP contribution in [-0.2, 0) is 14.3 Å². The van der Waals surface area contributed by atoms with E-state index in [0.29, 0.717) is 24.5 Å². The molecule has 0 spiro atoms. The molecule has 0 aromatic carbocycles. The van der Waals surface area contributed by atoms with Crippen LogP contribution in [0.15, 0.2) is 0 Å². The molecular formula is C26H48O4. The normalized spacial score (nSPS) is 28.4. The lowest BCUT2D eigenvalue weighted by Crippen LogP contribution is -2.30. The molecule has 0 bridgehead atoms. The van der Waals surface area contributed by atoms with Gasteiger partial charge in [0.2, 0.25) is 0 Å². The maximum Gasteiger partial charge on any atom is 0.338 e. The van der Waals surface area contributed by atoms with Gasteiger partial charge in [0.15, 0.2) is 5.60 Å². The summed E-state index contributed by atoms with van der Waals surface area (Å²) in [6.07, 6.45) is 21.0. The van der Waals surface area contributed by atoms with Gasteiger partial charge in [0.05, 0.1) is 18.3 Å². The van der Waals surface area contributed by atoms with E-state index in [-0.39, 0.29) is 6.10 Å². The highest BCUT2D eigenvalue weighted by atomic mass is 16.6. The van der Waals surface area contributed by atoms with Crippen molar-refractivity contribution in [1.29, 1.82) is 0 Å². The highest BCUT2D eigenvalue weighted by molar-refractivity contribution is 5.81. The second kappa shape index (κ2) is 13.7. The fourth-order valence-corrected chi connectivity index (χ4v) is 5.00. The van der Waals surface area contributed by atoms with Crippen LogP contribution in [0.3, 0.4) is 0 Å². The summed E-state index contributed by atoms with van der Waals surface area (Å²) in [5, 5.41) is 9.75. The highest BCUT2D eigenvalue weighted by Gasteiger charge is 2.62. The Hall–Kier alpha value is -0.610. The standard InChI is InChI=1S/C26H48O4/c1-4-7-9-10-11-13-17-22-23(29-22)18-14-12-15-19-24-26(30-24,25(27)28)20-21(6-3)16-8-5-2/h21-24H,4-20H2,1-3H3,(H,27,28). The van der Waals surface area contributed by atoms with Gasteiger partial charge in [-0.3, -0.25) is 0 Å². The summed E-state index contributed by atoms with van der Waals surface area (Å²) in [7, 11) is 0. The molecule has 0 radical (unpaired) electrons. The number of rotatable bonds is 20. The summed E-state index contributed by atoms with van der Waals surface area (Å²) >= 11 is 0. The molecule has 2 aliphatic rings. The number of unbranched alkanes of at least 4 members (excludes halogenated alkanes) is 8. The Morgan fingerprint density at radius 3 is 2.00 bits per heavy atom. The summed E-state index contributed by atoms with van der Waals surface area (Å²) in [4.78, 5) is 11.9. The number of hydrogen-bond donors (Lipinski definition) is 1. The van der Waals surface area contributed by atoms with E-state index in [0.717, 1.165) is 32.1 Å². The average Bonchev–Trinajstić information content (AvgIpc) is 3.64. The number of aliphatic carboxylic acids is 1. The molecule has 2 heterocycles. The van der Waals surface area contributed by atoms with Crippen LogP contribution in [0.4, 0.5) is 0 Å². The number of carboxylic acids is 1. The lowest BCUT2D eigenvalue weighted by Gasteiger charge is -2.17. The first-order valence-corrected chi connectivity index (χ1v) is 13.1. The largest absolute Gasteiger partial charge is 0.479 e. The van der Waals surface area contributed by atoms with Crippen molar-refractivity contribution in [2.24, 2.45) is 5.92 Å². The van der Waals surface area contributed by atoms with Crippen LogP contribution in [0.5, 0.6) is 0 Å². The molecule has 0 aliphatic carbocycles. The summed E-state index contributed by atoms with van der Waals surface area (Å²) in [6.45, 7) is 6.63. The minimum absolute atomic E-state index is 0.0664. The van der Waals surface area contributed by atoms with Gasteiger partial charge in [-0.2, -0.15) is 0 Å². The smallest absolute Gasteiger partial charge is 0.338 e. The second-order valence-corrected chi connectivity index (χ2v) is 9.83. The first-order chi connectivity index (χ1) is 14.6. The second-order valence-electron chi connectivity index (χ2n) is 9.83. The van der Waals surface area contributed by atoms with Crippen LogP contribution in [-0.4, -0.2) is 35.0 Å². The molecular weight excluding hydrogens is 376 g/mol. The highest BCUT2D eigenvalue weighted by Crippen LogP contribution is 2.46. The van der Waals surface area contributed by atoms with Gasteiger partial charge >= 0.3 is 5.97 Å². The number of carboxylic acid groups (broad SMARTS) is 1. The Morgan fingerprint density at radius 1 is 0.833 bits per heavy atom. The quantitative estimate of drug-likeness (QED) is 0.165. The third-order valence-electron chi connectivity index (χ3n) is 7.30. The summed E-state index contributed by atoms with van der Waals surface area (Å²) < 4.78 is 11.6. The van der Waals surface area contributed by atoms with Crippen LogP contribution in [0, 0.1) is 5.92 Å². The molecule has 4 heteroatoms. The Balaban J connectivity index is 1.50. The van der Waals surface area contributed by atoms with Gasteiger partial charge in [0.1, 0.15) is 0 Å². The van der Waals surface area contributed by atoms with Crippen molar-refractivity contribution in [3.63, 3.8) is 0 Å². The molecule has 2 aliphatic heterocycles. The van der Waals surface area contributed by atoms with E-state index in [2.05, 4.69) is 20.8 Å². The minimum atomic E-state index is -0.879. The molecule has 5 unspecified atom stereocenters. The molecule has 0 amide bonds. The molecule has 0 aromatic rings. The van der Waals surface area contributed by atoms with Crippen molar-refractivity contribution in [1.82, 2.24) is 0 Å². The van der Waals surface area contributed by atoms with E-state index in [1.165, 1.54) is 70.6 Å². The van der Waals surface area contributed by atoms with Gasteiger partial charge in [0, 0.05) is 0 Å². The van der Waals surface area contributed by atoms with E-state index >= 15 is 0 Å². The molecule has 2 saturated heterocycles. The van der Waals surface area contributed by atoms with Gasteiger partial charge < -0.3 is 14.6 Å². The number of epoxide rings is 2. The summed E-state index contributed by atoms with van der Waals surface area (Å²) in [6, 6.07) is 0. The topological polar surface area (TPSA) is 62.4 Å². The van der Waals surface area contributed by atoms with Gasteiger partial charge in [-0.25, -0.2) is 4.79 Å². The molecule has 176 valence electrons. The monoisotopic (exact) mass is 424 g/mol. The van der Waals surface area contributed by atoms with Gasteiger partial charge in [-0.15, -0.1) is 0 Å². The third-order valence-corrected chi connectivity index (χ3v) is 7.30. The van der Waals surface area contributed by atoms with Gasteiger partial charge in [0.25, 0.3) is 0 Å². The Morgan fingerprint density at radius 2 is 1.40 bits per heavy atom. The molecule has 5 atom stereocenters. The molecule has 2 fully saturated rings. The lowest BCUT2D eigenvalue weighted by atomic mass is 9.85. The van der Waals surface area contributed by atoms with E-state index in [9.17, 15) is 9.90 Å². The third kappa shape index (κ3) is 8.49. The predicted molar refractivity (Wildman–Crippen MR) is 123 cm³/mol. The van der Waals surface area contributed by atoms with Crippen molar-refractivity contribution < 1.29 is 19.4 Å². The van der Waals surface area contributed by atoms with Crippen molar-refractivity contribution >= 4 is 5.97 Å². The SMILES string of the molecule is CCCCCCCCC1OC1CCCCCC1OC1(CC(CC)CCCC)C(=O)O. The Kier molecular flexibility index (Phi) is 11.7. The van der Waals surface area contributed by atoms with Crippen LogP contribution in [0.25, 0.3) is 0 Å². The van der Waals surface area contributed by atoms with Crippen LogP contribution < -0.4 is 0 Å². The van der Waals surface area contributed by atoms with Crippen molar-refractivity contribution in [3.8, 4) is 0 Å². The molecule has 30 heavy (non-hydrogen) atoms. The van der Waals surface area contributed by atoms with Crippen molar-refractivity contribution in [2.45, 2.75) is 154 Å². The summed E-state index contributed by atoms with van der Waals surface area (Å²) in [5.74, 6) is -0.270. The molecule has 1 N–H and O–H groups in total. The molecule has 4 nitrogen and oxygen atoms in total. The maximum absolute atomic E-state index is 11.9. The Bertz CT molecular complexity index is 480. The van der Waals surface area contributed by atoms with Crippen LogP contribution >= 0.6 is 0 Å². The Labute approximate surface area is 185 Å². The van der Waals surface area contributed by atoms with E-state index in [1.807, 2.05) is 0 Å². The van der Waals surface area contributed by atoms with Gasteiger partial charge in [-0.1, -0.05) is 104 Å². The number of hydrogen-bond acceptors (Lipinski definition) is 3. The lowest BCUT2D eigenvalue weighted by molar-refractivity contribution is -0.144. The van der Waals surface area contributed by atoms with E-state index in [1.54, 1.807) is 0 Å². The zero-order chi connectivity index (χ0) is 21.8. The fraction of sp³-hybridized carbons (Fsp3) is 0.962. The summed E-state index contributed by atoms with van der Waals surface area (Å²) in [5.41, 5.74) is -0.879. The fourth-order valence-electron chi connectivity index (χ4n) is 5.00. The van der Waals surface area contributed by atoms with Crippen molar-refractivity contribution in [2.75, 3.05) is 0 Å². The first-order valence-electron chi connectivity index (χ1n) is 13.1. The zero-order valence-electron chi connectivity index (χ0n) is 20.0. The van der Waals surface area contributed by atoms with Gasteiger partial charge in [-0.05, 0) is 31.6 Å². The minimum Gasteiger partial charge on any atom is -0.479 e. The molecule has 2 rings (SSSR count). The van der Waals surface area contributed by atoms with E-state index < -0.39 is 11.6 Å². The maximum atomic E-state index is 11.9. The molecule has 0 saturated carbocycles. The predicted octanol–water partition coefficient (Wildman–Crippen LogP) is 7.28. The van der Waals surface area contributed by atoms with Crippen LogP contribution in [0.2, 0.25) is 0 Å². The van der Waals surface area contributed by atoms with Crippen molar-refractivity contribution in [3.05, 3.63) is 0 Å². The molecule has 0 aromatic heterocycles.